The van der Waals surface area contributed by atoms with Crippen molar-refractivity contribution in [2.24, 2.45) is 5.10 Å². The maximum Gasteiger partial charge on any atom is 0.300 e. The number of hydrazone groups is 1. The zero-order valence-electron chi connectivity index (χ0n) is 19.1. The number of nitrogens with one attached hydrogen (secondary N) is 2. The molecule has 0 atom stereocenters. The Balaban J connectivity index is 1.93. The number of nitrogens with zero attached hydrogens (tertiary/aromatic N) is 1. The van der Waals surface area contributed by atoms with E-state index >= 15 is 0 Å². The second-order valence-corrected chi connectivity index (χ2v) is 7.75. The number of hydrogen-bond donors (Lipinski definition) is 2. The van der Waals surface area contributed by atoms with Crippen LogP contribution in [-0.2, 0) is 6.42 Å². The van der Waals surface area contributed by atoms with Crippen molar-refractivity contribution < 1.29 is 28.7 Å². The number of rotatable bonds is 7. The lowest BCUT2D eigenvalue weighted by Crippen LogP contribution is -2.89. The van der Waals surface area contributed by atoms with Crippen molar-refractivity contribution in [1.29, 1.82) is 0 Å². The van der Waals surface area contributed by atoms with E-state index in [9.17, 15) is 0 Å². The Bertz CT molecular complexity index is 990. The molecule has 0 saturated heterocycles. The van der Waals surface area contributed by atoms with E-state index in [2.05, 4.69) is 29.4 Å². The molecule has 0 unspecified atom stereocenters. The molecule has 3 rings (SSSR count). The molecule has 0 aromatic heterocycles. The minimum absolute atomic E-state index is 0.156. The summed E-state index contributed by atoms with van der Waals surface area (Å²) in [5.74, 6) is 3.83. The third-order valence-corrected chi connectivity index (χ3v) is 5.05. The Hall–Kier alpha value is -3.42. The number of benzene rings is 2. The number of methoxy groups -OCH3 is 5. The van der Waals surface area contributed by atoms with Gasteiger partial charge in [0.05, 0.1) is 47.3 Å². The number of fused-ring (bicyclic) bond motifs is 1. The van der Waals surface area contributed by atoms with Gasteiger partial charge in [0, 0.05) is 12.0 Å². The van der Waals surface area contributed by atoms with Crippen LogP contribution in [-0.4, -0.2) is 53.1 Å². The van der Waals surface area contributed by atoms with Gasteiger partial charge in [-0.25, -0.2) is 0 Å². The molecule has 8 heteroatoms. The molecule has 0 amide bonds. The fourth-order valence-corrected chi connectivity index (χ4v) is 3.66. The first kappa shape index (κ1) is 22.3. The topological polar surface area (TPSA) is 84.5 Å². The third kappa shape index (κ3) is 4.68. The normalized spacial score (nSPS) is 14.5. The Morgan fingerprint density at radius 2 is 1.42 bits per heavy atom. The summed E-state index contributed by atoms with van der Waals surface area (Å²) >= 11 is 0. The van der Waals surface area contributed by atoms with E-state index in [0.717, 1.165) is 28.9 Å². The minimum Gasteiger partial charge on any atom is -0.493 e. The Kier molecular flexibility index (Phi) is 6.58. The predicted octanol–water partition coefficient (Wildman–Crippen LogP) is 1.52. The third-order valence-electron chi connectivity index (χ3n) is 5.05. The van der Waals surface area contributed by atoms with Crippen LogP contribution in [0.3, 0.4) is 0 Å². The van der Waals surface area contributed by atoms with E-state index in [0.29, 0.717) is 28.7 Å². The largest absolute Gasteiger partial charge is 0.493 e. The summed E-state index contributed by atoms with van der Waals surface area (Å²) in [5.41, 5.74) is 5.91. The molecule has 2 aromatic rings. The fraction of sp³-hybridized carbons (Fsp3) is 0.391. The second kappa shape index (κ2) is 9.16. The molecule has 0 radical (unpaired) electrons. The van der Waals surface area contributed by atoms with Gasteiger partial charge in [0.25, 0.3) is 0 Å². The molecule has 0 aliphatic carbocycles. The Morgan fingerprint density at radius 3 is 1.97 bits per heavy atom. The number of hydrogen-bond acceptors (Lipinski definition) is 7. The summed E-state index contributed by atoms with van der Waals surface area (Å²) in [7, 11) is 8.00. The van der Waals surface area contributed by atoms with Crippen LogP contribution >= 0.6 is 0 Å². The summed E-state index contributed by atoms with van der Waals surface area (Å²) in [4.78, 5) is 3.51. The molecule has 31 heavy (non-hydrogen) atoms. The van der Waals surface area contributed by atoms with E-state index in [1.165, 1.54) is 0 Å². The first-order valence-corrected chi connectivity index (χ1v) is 9.85. The quantitative estimate of drug-likeness (QED) is 0.514. The maximum atomic E-state index is 5.48. The molecule has 1 aliphatic rings. The zero-order chi connectivity index (χ0) is 22.6. The van der Waals surface area contributed by atoms with Crippen LogP contribution in [0.25, 0.3) is 0 Å². The van der Waals surface area contributed by atoms with Gasteiger partial charge in [-0.1, -0.05) is 5.10 Å². The van der Waals surface area contributed by atoms with Crippen LogP contribution in [0.4, 0.5) is 0 Å². The molecule has 1 heterocycles. The average Bonchev–Trinajstić information content (AvgIpc) is 2.76. The van der Waals surface area contributed by atoms with Crippen LogP contribution in [0, 0.1) is 0 Å². The van der Waals surface area contributed by atoms with Gasteiger partial charge in [-0.3, -0.25) is 4.99 Å². The highest BCUT2D eigenvalue weighted by Crippen LogP contribution is 2.37. The molecule has 2 N–H and O–H groups in total. The summed E-state index contributed by atoms with van der Waals surface area (Å²) < 4.78 is 27.1. The standard InChI is InChI=1S/C23H29N3O5/c1-23(2)12-15-10-17(27-3)18(28-4)11-16(15)22(25-23)26-24-13-14-8-19(29-5)21(31-7)20(9-14)30-6/h8-11,13H,12H2,1-7H3,(H,25,26)/p+1/b24-13-. The van der Waals surface area contributed by atoms with Crippen molar-refractivity contribution in [3.63, 3.8) is 0 Å². The monoisotopic (exact) mass is 428 g/mol. The predicted molar refractivity (Wildman–Crippen MR) is 119 cm³/mol. The van der Waals surface area contributed by atoms with E-state index in [4.69, 9.17) is 23.7 Å². The lowest BCUT2D eigenvalue weighted by molar-refractivity contribution is -0.547. The van der Waals surface area contributed by atoms with E-state index in [-0.39, 0.29) is 5.54 Å². The zero-order valence-corrected chi connectivity index (χ0v) is 19.1. The first-order chi connectivity index (χ1) is 14.8. The highest BCUT2D eigenvalue weighted by atomic mass is 16.5. The fourth-order valence-electron chi connectivity index (χ4n) is 3.66. The van der Waals surface area contributed by atoms with Crippen molar-refractivity contribution in [1.82, 2.24) is 5.43 Å². The molecule has 8 nitrogen and oxygen atoms in total. The van der Waals surface area contributed by atoms with Crippen LogP contribution in [0.5, 0.6) is 28.7 Å². The molecule has 0 fully saturated rings. The van der Waals surface area contributed by atoms with Crippen molar-refractivity contribution in [2.75, 3.05) is 35.5 Å². The van der Waals surface area contributed by atoms with Gasteiger partial charge in [-0.2, -0.15) is 0 Å². The summed E-state index contributed by atoms with van der Waals surface area (Å²) in [6.45, 7) is 4.27. The smallest absolute Gasteiger partial charge is 0.300 e. The van der Waals surface area contributed by atoms with Gasteiger partial charge in [-0.15, -0.1) is 5.43 Å². The van der Waals surface area contributed by atoms with Gasteiger partial charge < -0.3 is 23.7 Å². The van der Waals surface area contributed by atoms with Gasteiger partial charge in [-0.05, 0) is 43.7 Å². The Labute approximate surface area is 182 Å². The van der Waals surface area contributed by atoms with Crippen molar-refractivity contribution in [3.05, 3.63) is 41.0 Å². The maximum absolute atomic E-state index is 5.48. The van der Waals surface area contributed by atoms with Crippen LogP contribution in [0.2, 0.25) is 0 Å². The molecule has 0 saturated carbocycles. The van der Waals surface area contributed by atoms with Gasteiger partial charge >= 0.3 is 5.84 Å². The van der Waals surface area contributed by atoms with Crippen LogP contribution in [0.15, 0.2) is 29.4 Å². The van der Waals surface area contributed by atoms with Crippen LogP contribution < -0.4 is 34.1 Å². The average molecular weight is 429 g/mol. The molecule has 0 spiro atoms. The first-order valence-electron chi connectivity index (χ1n) is 9.85. The van der Waals surface area contributed by atoms with E-state index in [1.54, 1.807) is 41.8 Å². The van der Waals surface area contributed by atoms with Crippen molar-refractivity contribution >= 4 is 12.1 Å². The molecule has 0 bridgehead atoms. The second-order valence-electron chi connectivity index (χ2n) is 7.75. The van der Waals surface area contributed by atoms with Gasteiger partial charge in [0.1, 0.15) is 5.54 Å². The SMILES string of the molecule is COc1cc2c(cc1OC)C(N/N=C\c1cc(OC)c(OC)c(OC)c1)=[NH+]C(C)(C)C2. The molecular formula is C23H30N3O5+. The molecule has 1 aliphatic heterocycles. The summed E-state index contributed by atoms with van der Waals surface area (Å²) in [6.07, 6.45) is 2.53. The number of ether oxygens (including phenoxy) is 5. The minimum atomic E-state index is -0.156. The lowest BCUT2D eigenvalue weighted by Gasteiger charge is -2.25. The van der Waals surface area contributed by atoms with Crippen molar-refractivity contribution in [2.45, 2.75) is 25.8 Å². The van der Waals surface area contributed by atoms with E-state index < -0.39 is 0 Å². The highest BCUT2D eigenvalue weighted by molar-refractivity contribution is 5.98. The van der Waals surface area contributed by atoms with Gasteiger partial charge in [0.2, 0.25) is 5.75 Å². The summed E-state index contributed by atoms with van der Waals surface area (Å²) in [6, 6.07) is 7.63. The lowest BCUT2D eigenvalue weighted by atomic mass is 9.88. The van der Waals surface area contributed by atoms with E-state index in [1.807, 2.05) is 24.3 Å². The highest BCUT2D eigenvalue weighted by Gasteiger charge is 2.32. The van der Waals surface area contributed by atoms with Gasteiger partial charge in [0.15, 0.2) is 23.0 Å². The number of amidine groups is 1. The Morgan fingerprint density at radius 1 is 0.839 bits per heavy atom. The molecule has 166 valence electrons. The molecule has 2 aromatic carbocycles. The summed E-state index contributed by atoms with van der Waals surface area (Å²) in [5, 5.41) is 4.44. The van der Waals surface area contributed by atoms with Crippen molar-refractivity contribution in [3.8, 4) is 28.7 Å². The molecular weight excluding hydrogens is 398 g/mol. The van der Waals surface area contributed by atoms with Crippen LogP contribution in [0.1, 0.15) is 30.5 Å².